The molecular weight excluding hydrogens is 224 g/mol. The zero-order valence-corrected chi connectivity index (χ0v) is 9.72. The molecule has 6 nitrogen and oxygen atoms in total. The number of carboxylic acid groups (broad SMARTS) is 1. The zero-order valence-electron chi connectivity index (χ0n) is 9.72. The number of carboxylic acids is 1. The Morgan fingerprint density at radius 3 is 2.82 bits per heavy atom. The fraction of sp³-hybridized carbons (Fsp3) is 0.636. The largest absolute Gasteiger partial charge is 0.480 e. The van der Waals surface area contributed by atoms with Gasteiger partial charge in [0, 0.05) is 6.54 Å². The number of carbonyl (C=O) groups excluding carboxylic acids is 1. The fourth-order valence-corrected chi connectivity index (χ4v) is 1.64. The van der Waals surface area contributed by atoms with E-state index in [1.807, 2.05) is 0 Å². The Hall–Kier alpha value is -1.56. The molecular formula is C11H18N2O4. The third-order valence-electron chi connectivity index (χ3n) is 2.76. The van der Waals surface area contributed by atoms with Crippen molar-refractivity contribution in [3.05, 3.63) is 12.7 Å². The Bertz CT molecular complexity index is 319. The van der Waals surface area contributed by atoms with Crippen molar-refractivity contribution < 1.29 is 19.4 Å². The summed E-state index contributed by atoms with van der Waals surface area (Å²) in [7, 11) is 0. The Morgan fingerprint density at radius 2 is 2.29 bits per heavy atom. The van der Waals surface area contributed by atoms with Crippen LogP contribution in [0.3, 0.4) is 0 Å². The molecule has 1 aliphatic rings. The van der Waals surface area contributed by atoms with Gasteiger partial charge in [0.2, 0.25) is 0 Å². The van der Waals surface area contributed by atoms with Gasteiger partial charge in [-0.1, -0.05) is 6.08 Å². The first-order valence-corrected chi connectivity index (χ1v) is 5.54. The van der Waals surface area contributed by atoms with Crippen LogP contribution in [0.25, 0.3) is 0 Å². The van der Waals surface area contributed by atoms with E-state index in [0.29, 0.717) is 13.2 Å². The highest BCUT2D eigenvalue weighted by Gasteiger charge is 2.43. The van der Waals surface area contributed by atoms with E-state index in [1.165, 1.54) is 4.90 Å². The van der Waals surface area contributed by atoms with Gasteiger partial charge >= 0.3 is 12.1 Å². The number of amides is 1. The van der Waals surface area contributed by atoms with Crippen molar-refractivity contribution in [2.75, 3.05) is 19.7 Å². The lowest BCUT2D eigenvalue weighted by Crippen LogP contribution is -2.50. The molecule has 0 spiro atoms. The maximum Gasteiger partial charge on any atom is 0.409 e. The monoisotopic (exact) mass is 242 g/mol. The van der Waals surface area contributed by atoms with Gasteiger partial charge < -0.3 is 20.5 Å². The lowest BCUT2D eigenvalue weighted by molar-refractivity contribution is -0.142. The van der Waals surface area contributed by atoms with Crippen LogP contribution < -0.4 is 5.73 Å². The minimum absolute atomic E-state index is 0.00260. The van der Waals surface area contributed by atoms with E-state index in [4.69, 9.17) is 15.6 Å². The first-order valence-electron chi connectivity index (χ1n) is 5.54. The molecule has 17 heavy (non-hydrogen) atoms. The number of ether oxygens (including phenoxy) is 1. The van der Waals surface area contributed by atoms with Crippen molar-refractivity contribution in [3.8, 4) is 0 Å². The van der Waals surface area contributed by atoms with Crippen LogP contribution in [0.1, 0.15) is 19.3 Å². The number of hydrogen-bond donors (Lipinski definition) is 2. The normalized spacial score (nSPS) is 23.5. The van der Waals surface area contributed by atoms with Gasteiger partial charge in [0.1, 0.15) is 5.54 Å². The van der Waals surface area contributed by atoms with Crippen LogP contribution in [0.2, 0.25) is 0 Å². The molecule has 96 valence electrons. The molecule has 1 fully saturated rings. The number of nitrogens with two attached hydrogens (primary N) is 1. The van der Waals surface area contributed by atoms with E-state index in [0.717, 1.165) is 12.8 Å². The quantitative estimate of drug-likeness (QED) is 0.543. The van der Waals surface area contributed by atoms with Gasteiger partial charge in [-0.2, -0.15) is 0 Å². The number of nitrogens with zero attached hydrogens (tertiary/aromatic N) is 1. The Labute approximate surface area is 100 Å². The van der Waals surface area contributed by atoms with Crippen LogP contribution in [-0.2, 0) is 9.53 Å². The predicted molar refractivity (Wildman–Crippen MR) is 61.5 cm³/mol. The van der Waals surface area contributed by atoms with E-state index >= 15 is 0 Å². The highest BCUT2D eigenvalue weighted by atomic mass is 16.6. The average Bonchev–Trinajstić information content (AvgIpc) is 2.69. The molecule has 0 aromatic heterocycles. The topological polar surface area (TPSA) is 92.9 Å². The standard InChI is InChI=1S/C11H18N2O4/c1-2-3-4-7-17-10(16)13-6-5-11(12,8-13)9(14)15/h2H,1,3-8,12H2,(H,14,15). The average molecular weight is 242 g/mol. The molecule has 1 aliphatic heterocycles. The van der Waals surface area contributed by atoms with Crippen LogP contribution >= 0.6 is 0 Å². The summed E-state index contributed by atoms with van der Waals surface area (Å²) in [5.41, 5.74) is 4.31. The summed E-state index contributed by atoms with van der Waals surface area (Å²) < 4.78 is 4.99. The highest BCUT2D eigenvalue weighted by Crippen LogP contribution is 2.19. The first-order chi connectivity index (χ1) is 7.99. The molecule has 1 amide bonds. The molecule has 6 heteroatoms. The molecule has 0 saturated carbocycles. The van der Waals surface area contributed by atoms with Crippen molar-refractivity contribution in [3.63, 3.8) is 0 Å². The second-order valence-electron chi connectivity index (χ2n) is 4.18. The number of carbonyl (C=O) groups is 2. The number of aliphatic carboxylic acids is 1. The third kappa shape index (κ3) is 3.45. The molecule has 1 heterocycles. The molecule has 0 radical (unpaired) electrons. The zero-order chi connectivity index (χ0) is 12.9. The van der Waals surface area contributed by atoms with Crippen molar-refractivity contribution in [2.24, 2.45) is 5.73 Å². The number of hydrogen-bond acceptors (Lipinski definition) is 4. The van der Waals surface area contributed by atoms with E-state index in [9.17, 15) is 9.59 Å². The van der Waals surface area contributed by atoms with Gasteiger partial charge in [-0.15, -0.1) is 6.58 Å². The highest BCUT2D eigenvalue weighted by molar-refractivity contribution is 5.81. The Balaban J connectivity index is 2.35. The molecule has 0 aromatic carbocycles. The molecule has 0 aromatic rings. The maximum absolute atomic E-state index is 11.5. The van der Waals surface area contributed by atoms with E-state index in [2.05, 4.69) is 6.58 Å². The van der Waals surface area contributed by atoms with Crippen LogP contribution in [0.4, 0.5) is 4.79 Å². The summed E-state index contributed by atoms with van der Waals surface area (Å²) in [6, 6.07) is 0. The summed E-state index contributed by atoms with van der Waals surface area (Å²) in [5.74, 6) is -1.08. The van der Waals surface area contributed by atoms with E-state index in [-0.39, 0.29) is 13.0 Å². The van der Waals surface area contributed by atoms with Crippen LogP contribution in [-0.4, -0.2) is 47.3 Å². The SMILES string of the molecule is C=CCCCOC(=O)N1CCC(N)(C(=O)O)C1. The molecule has 1 rings (SSSR count). The third-order valence-corrected chi connectivity index (χ3v) is 2.76. The van der Waals surface area contributed by atoms with Crippen LogP contribution in [0, 0.1) is 0 Å². The van der Waals surface area contributed by atoms with Gasteiger partial charge in [-0.3, -0.25) is 4.79 Å². The number of likely N-dealkylation sites (tertiary alicyclic amines) is 1. The van der Waals surface area contributed by atoms with Gasteiger partial charge in [-0.25, -0.2) is 4.79 Å². The molecule has 0 aliphatic carbocycles. The number of rotatable bonds is 5. The molecule has 1 atom stereocenters. The number of allylic oxidation sites excluding steroid dienone is 1. The van der Waals surface area contributed by atoms with Gasteiger partial charge in [0.25, 0.3) is 0 Å². The summed E-state index contributed by atoms with van der Waals surface area (Å²) >= 11 is 0. The van der Waals surface area contributed by atoms with E-state index < -0.39 is 17.6 Å². The maximum atomic E-state index is 11.5. The lowest BCUT2D eigenvalue weighted by Gasteiger charge is -2.19. The Morgan fingerprint density at radius 1 is 1.59 bits per heavy atom. The molecule has 3 N–H and O–H groups in total. The Kier molecular flexibility index (Phi) is 4.51. The van der Waals surface area contributed by atoms with Crippen molar-refractivity contribution in [1.82, 2.24) is 4.90 Å². The summed E-state index contributed by atoms with van der Waals surface area (Å²) in [4.78, 5) is 23.8. The molecule has 0 bridgehead atoms. The van der Waals surface area contributed by atoms with Crippen molar-refractivity contribution in [2.45, 2.75) is 24.8 Å². The summed E-state index contributed by atoms with van der Waals surface area (Å²) in [6.07, 6.45) is 3.00. The molecule has 1 saturated heterocycles. The number of unbranched alkanes of at least 4 members (excludes halogenated alkanes) is 1. The summed E-state index contributed by atoms with van der Waals surface area (Å²) in [5, 5.41) is 8.90. The summed E-state index contributed by atoms with van der Waals surface area (Å²) in [6.45, 7) is 4.20. The predicted octanol–water partition coefficient (Wildman–Crippen LogP) is 0.577. The second kappa shape index (κ2) is 5.67. The van der Waals surface area contributed by atoms with Gasteiger partial charge in [0.15, 0.2) is 0 Å². The van der Waals surface area contributed by atoms with Crippen molar-refractivity contribution >= 4 is 12.1 Å². The second-order valence-corrected chi connectivity index (χ2v) is 4.18. The minimum atomic E-state index is -1.33. The van der Waals surface area contributed by atoms with Crippen molar-refractivity contribution in [1.29, 1.82) is 0 Å². The van der Waals surface area contributed by atoms with Crippen LogP contribution in [0.15, 0.2) is 12.7 Å². The minimum Gasteiger partial charge on any atom is -0.480 e. The molecule has 1 unspecified atom stereocenters. The fourth-order valence-electron chi connectivity index (χ4n) is 1.64. The smallest absolute Gasteiger partial charge is 0.409 e. The lowest BCUT2D eigenvalue weighted by atomic mass is 10.0. The first kappa shape index (κ1) is 13.5. The van der Waals surface area contributed by atoms with Crippen LogP contribution in [0.5, 0.6) is 0 Å². The van der Waals surface area contributed by atoms with Gasteiger partial charge in [0.05, 0.1) is 13.2 Å². The van der Waals surface area contributed by atoms with Gasteiger partial charge in [-0.05, 0) is 19.3 Å². The van der Waals surface area contributed by atoms with E-state index in [1.54, 1.807) is 6.08 Å².